The molecule has 0 fully saturated rings. The van der Waals surface area contributed by atoms with E-state index in [0.29, 0.717) is 5.69 Å². The molecule has 0 saturated carbocycles. The van der Waals surface area contributed by atoms with Crippen molar-refractivity contribution in [3.05, 3.63) is 64.2 Å². The maximum Gasteiger partial charge on any atom is 0.337 e. The van der Waals surface area contributed by atoms with Crippen LogP contribution in [-0.4, -0.2) is 11.1 Å². The lowest BCUT2D eigenvalue weighted by molar-refractivity contribution is 0.0698. The molecule has 0 saturated heterocycles. The van der Waals surface area contributed by atoms with Gasteiger partial charge >= 0.3 is 5.97 Å². The van der Waals surface area contributed by atoms with Gasteiger partial charge in [0.1, 0.15) is 0 Å². The number of aromatic carboxylic acids is 1. The van der Waals surface area contributed by atoms with Gasteiger partial charge in [-0.25, -0.2) is 4.79 Å². The lowest BCUT2D eigenvalue weighted by Gasteiger charge is -2.34. The number of para-hydroxylation sites is 1. The van der Waals surface area contributed by atoms with Crippen molar-refractivity contribution < 1.29 is 9.90 Å². The van der Waals surface area contributed by atoms with Gasteiger partial charge in [-0.2, -0.15) is 0 Å². The third-order valence-corrected chi connectivity index (χ3v) is 5.37. The van der Waals surface area contributed by atoms with Crippen LogP contribution in [0.4, 0.5) is 11.4 Å². The van der Waals surface area contributed by atoms with Crippen LogP contribution < -0.4 is 5.32 Å². The summed E-state index contributed by atoms with van der Waals surface area (Å²) in [5.74, 6) is -0.922. The van der Waals surface area contributed by atoms with E-state index in [1.165, 1.54) is 22.3 Å². The summed E-state index contributed by atoms with van der Waals surface area (Å²) in [5.41, 5.74) is 8.36. The van der Waals surface area contributed by atoms with Gasteiger partial charge in [-0.05, 0) is 78.6 Å². The number of fused-ring (bicyclic) bond motifs is 1. The number of allylic oxidation sites excluding steroid dienone is 2. The molecular weight excluding hydrogens is 310 g/mol. The van der Waals surface area contributed by atoms with E-state index in [1.807, 2.05) is 12.1 Å². The van der Waals surface area contributed by atoms with Crippen LogP contribution in [0.2, 0.25) is 0 Å². The average Bonchev–Trinajstić information content (AvgIpc) is 2.56. The molecule has 130 valence electrons. The topological polar surface area (TPSA) is 49.3 Å². The molecule has 0 radical (unpaired) electrons. The Morgan fingerprint density at radius 1 is 1.08 bits per heavy atom. The van der Waals surface area contributed by atoms with E-state index in [-0.39, 0.29) is 11.0 Å². The molecule has 0 aliphatic heterocycles. The number of nitrogens with one attached hydrogen (secondary N) is 1. The molecule has 0 bridgehead atoms. The summed E-state index contributed by atoms with van der Waals surface area (Å²) in [6.07, 6.45) is 3.33. The standard InChI is InChI=1S/C22H25NO2/c1-13-10-11-22(4,5)17-12-19(14(2)15(3)20(13)17)23-18-9-7-6-8-16(18)21(24)25/h6-10,12,23H,11H2,1-5H3,(H,24,25). The van der Waals surface area contributed by atoms with E-state index in [9.17, 15) is 9.90 Å². The number of carboxylic acid groups (broad SMARTS) is 1. The molecule has 0 atom stereocenters. The van der Waals surface area contributed by atoms with E-state index >= 15 is 0 Å². The molecular formula is C22H25NO2. The van der Waals surface area contributed by atoms with E-state index in [4.69, 9.17) is 0 Å². The van der Waals surface area contributed by atoms with Crippen molar-refractivity contribution in [1.82, 2.24) is 0 Å². The molecule has 3 heteroatoms. The molecule has 25 heavy (non-hydrogen) atoms. The highest BCUT2D eigenvalue weighted by Gasteiger charge is 2.29. The van der Waals surface area contributed by atoms with E-state index < -0.39 is 5.97 Å². The lowest BCUT2D eigenvalue weighted by atomic mass is 9.71. The minimum Gasteiger partial charge on any atom is -0.478 e. The van der Waals surface area contributed by atoms with Crippen LogP contribution in [0, 0.1) is 13.8 Å². The highest BCUT2D eigenvalue weighted by atomic mass is 16.4. The van der Waals surface area contributed by atoms with E-state index in [0.717, 1.165) is 17.7 Å². The minimum absolute atomic E-state index is 0.0655. The second kappa shape index (κ2) is 6.07. The molecule has 3 nitrogen and oxygen atoms in total. The van der Waals surface area contributed by atoms with Crippen molar-refractivity contribution in [2.75, 3.05) is 5.32 Å². The maximum atomic E-state index is 11.5. The van der Waals surface area contributed by atoms with E-state index in [2.05, 4.69) is 52.1 Å². The van der Waals surface area contributed by atoms with Crippen LogP contribution in [0.3, 0.4) is 0 Å². The summed E-state index contributed by atoms with van der Waals surface area (Å²) in [4.78, 5) is 11.5. The molecule has 0 aromatic heterocycles. The van der Waals surface area contributed by atoms with Crippen molar-refractivity contribution >= 4 is 22.9 Å². The first-order chi connectivity index (χ1) is 11.7. The average molecular weight is 335 g/mol. The number of anilines is 2. The Labute approximate surface area is 149 Å². The first-order valence-electron chi connectivity index (χ1n) is 8.63. The Bertz CT molecular complexity index is 891. The van der Waals surface area contributed by atoms with Gasteiger partial charge in [0.2, 0.25) is 0 Å². The molecule has 2 aromatic carbocycles. The first-order valence-corrected chi connectivity index (χ1v) is 8.63. The normalized spacial score (nSPS) is 15.3. The van der Waals surface area contributed by atoms with E-state index in [1.54, 1.807) is 12.1 Å². The van der Waals surface area contributed by atoms with Crippen molar-refractivity contribution in [2.24, 2.45) is 0 Å². The molecule has 1 aliphatic rings. The van der Waals surface area contributed by atoms with Gasteiger partial charge in [0, 0.05) is 5.69 Å². The van der Waals surface area contributed by atoms with Crippen LogP contribution >= 0.6 is 0 Å². The fourth-order valence-electron chi connectivity index (χ4n) is 3.63. The summed E-state index contributed by atoms with van der Waals surface area (Å²) in [7, 11) is 0. The first kappa shape index (κ1) is 17.3. The largest absolute Gasteiger partial charge is 0.478 e. The molecule has 1 aliphatic carbocycles. The van der Waals surface area contributed by atoms with Gasteiger partial charge in [-0.3, -0.25) is 0 Å². The van der Waals surface area contributed by atoms with Gasteiger partial charge in [0.15, 0.2) is 0 Å². The maximum absolute atomic E-state index is 11.5. The number of rotatable bonds is 3. The van der Waals surface area contributed by atoms with Crippen molar-refractivity contribution in [3.8, 4) is 0 Å². The van der Waals surface area contributed by atoms with Gasteiger partial charge in [-0.15, -0.1) is 0 Å². The Kier molecular flexibility index (Phi) is 4.19. The Morgan fingerprint density at radius 3 is 2.44 bits per heavy atom. The zero-order chi connectivity index (χ0) is 18.4. The van der Waals surface area contributed by atoms with Gasteiger partial charge in [-0.1, -0.05) is 32.1 Å². The predicted octanol–water partition coefficient (Wildman–Crippen LogP) is 5.83. The van der Waals surface area contributed by atoms with Crippen molar-refractivity contribution in [2.45, 2.75) is 46.5 Å². The zero-order valence-corrected chi connectivity index (χ0v) is 15.5. The Balaban J connectivity index is 2.16. The third kappa shape index (κ3) is 2.95. The lowest BCUT2D eigenvalue weighted by Crippen LogP contribution is -2.22. The van der Waals surface area contributed by atoms with Gasteiger partial charge in [0.05, 0.1) is 11.3 Å². The zero-order valence-electron chi connectivity index (χ0n) is 15.5. The minimum atomic E-state index is -0.922. The summed E-state index contributed by atoms with van der Waals surface area (Å²) >= 11 is 0. The van der Waals surface area contributed by atoms with Crippen LogP contribution in [0.5, 0.6) is 0 Å². The SMILES string of the molecule is CC1=CCC(C)(C)c2cc(Nc3ccccc3C(=O)O)c(C)c(C)c21. The second-order valence-electron chi connectivity index (χ2n) is 7.55. The predicted molar refractivity (Wildman–Crippen MR) is 104 cm³/mol. The fourth-order valence-corrected chi connectivity index (χ4v) is 3.63. The number of hydrogen-bond acceptors (Lipinski definition) is 2. The van der Waals surface area contributed by atoms with Crippen molar-refractivity contribution in [3.63, 3.8) is 0 Å². The van der Waals surface area contributed by atoms with Crippen molar-refractivity contribution in [1.29, 1.82) is 0 Å². The highest BCUT2D eigenvalue weighted by Crippen LogP contribution is 2.43. The quantitative estimate of drug-likeness (QED) is 0.742. The van der Waals surface area contributed by atoms with Gasteiger partial charge < -0.3 is 10.4 Å². The second-order valence-corrected chi connectivity index (χ2v) is 7.55. The molecule has 2 aromatic rings. The molecule has 0 unspecified atom stereocenters. The third-order valence-electron chi connectivity index (χ3n) is 5.37. The number of benzene rings is 2. The molecule has 2 N–H and O–H groups in total. The number of hydrogen-bond donors (Lipinski definition) is 2. The van der Waals surface area contributed by atoms with Crippen LogP contribution in [0.1, 0.15) is 59.8 Å². The Hall–Kier alpha value is -2.55. The van der Waals surface area contributed by atoms with Crippen LogP contribution in [0.15, 0.2) is 36.4 Å². The number of carbonyl (C=O) groups is 1. The molecule has 3 rings (SSSR count). The highest BCUT2D eigenvalue weighted by molar-refractivity contribution is 5.95. The summed E-state index contributed by atoms with van der Waals surface area (Å²) < 4.78 is 0. The summed E-state index contributed by atoms with van der Waals surface area (Å²) in [6.45, 7) is 10.9. The Morgan fingerprint density at radius 2 is 1.76 bits per heavy atom. The molecule has 0 spiro atoms. The van der Waals surface area contributed by atoms with Gasteiger partial charge in [0.25, 0.3) is 0 Å². The number of carboxylic acids is 1. The summed E-state index contributed by atoms with van der Waals surface area (Å²) in [5, 5.41) is 12.8. The smallest absolute Gasteiger partial charge is 0.337 e. The van der Waals surface area contributed by atoms with Crippen LogP contribution in [-0.2, 0) is 5.41 Å². The summed E-state index contributed by atoms with van der Waals surface area (Å²) in [6, 6.07) is 9.24. The molecule has 0 amide bonds. The molecule has 0 heterocycles. The monoisotopic (exact) mass is 335 g/mol. The fraction of sp³-hybridized carbons (Fsp3) is 0.318. The van der Waals surface area contributed by atoms with Crippen LogP contribution in [0.25, 0.3) is 5.57 Å².